The largest absolute Gasteiger partial charge is 0.507 e. The molecular formula is C49H60N6O13. The third-order valence-electron chi connectivity index (χ3n) is 12.8. The molecule has 0 fully saturated rings. The number of nitrogens with two attached hydrogens (primary N) is 1. The van der Waals surface area contributed by atoms with Crippen LogP contribution in [0.2, 0.25) is 0 Å². The summed E-state index contributed by atoms with van der Waals surface area (Å²) in [7, 11) is 1.46. The predicted molar refractivity (Wildman–Crippen MR) is 251 cm³/mol. The molecule has 1 amide bonds. The van der Waals surface area contributed by atoms with Crippen LogP contribution < -0.4 is 15.8 Å². The van der Waals surface area contributed by atoms with Crippen LogP contribution in [0.15, 0.2) is 67.0 Å². The Hall–Kier alpha value is -6.80. The maximum absolute atomic E-state index is 14.6. The number of nitrogens with zero attached hydrogens (tertiary/aromatic N) is 3. The molecule has 0 unspecified atom stereocenters. The van der Waals surface area contributed by atoms with Crippen molar-refractivity contribution in [2.24, 2.45) is 29.4 Å². The number of pyridine rings is 1. The summed E-state index contributed by atoms with van der Waals surface area (Å²) >= 11 is 0. The van der Waals surface area contributed by atoms with E-state index in [1.165, 1.54) is 46.5 Å². The number of amides is 1. The topological polar surface area (TPSA) is 290 Å². The van der Waals surface area contributed by atoms with Gasteiger partial charge in [-0.25, -0.2) is 9.97 Å². The summed E-state index contributed by atoms with van der Waals surface area (Å²) in [5.74, 6) is -7.96. The van der Waals surface area contributed by atoms with Crippen molar-refractivity contribution in [3.8, 4) is 17.2 Å². The molecule has 0 saturated heterocycles. The SMILES string of the molecule is CO[C@H]1/C=C/O[C@@]2(C)Oc3c(C)c(O)c4c(O)c(c5c(nc6cc(C)ccn65)c4c3C2=O)NC(=O)/C(C)=C\C=C\[C@H](C)[C@H](O)[C@@H](C)[C@@H](O)[C@@H](C)[C@H](OC(C)=O)[C@@H]1C.N[C@@H](Cc1cnc[nH]1)C(=O)O. The molecule has 0 spiro atoms. The molecule has 19 heteroatoms. The maximum Gasteiger partial charge on any atom is 0.320 e. The van der Waals surface area contributed by atoms with Gasteiger partial charge in [0.05, 0.1) is 41.9 Å². The van der Waals surface area contributed by atoms with Gasteiger partial charge in [-0.2, -0.15) is 0 Å². The minimum absolute atomic E-state index is 0.0185. The molecule has 2 aromatic carbocycles. The highest BCUT2D eigenvalue weighted by molar-refractivity contribution is 6.28. The minimum Gasteiger partial charge on any atom is -0.507 e. The minimum atomic E-state index is -1.96. The predicted octanol–water partition coefficient (Wildman–Crippen LogP) is 5.52. The lowest BCUT2D eigenvalue weighted by molar-refractivity contribution is -0.160. The molecule has 2 aliphatic heterocycles. The number of Topliss-reactive ketones (excluding diaryl/α,β-unsaturated/α-hetero) is 1. The van der Waals surface area contributed by atoms with Gasteiger partial charge in [0.25, 0.3) is 11.7 Å². The summed E-state index contributed by atoms with van der Waals surface area (Å²) in [6.07, 6.45) is 8.96. The molecule has 5 heterocycles. The van der Waals surface area contributed by atoms with E-state index >= 15 is 0 Å². The number of methoxy groups -OCH3 is 1. The Bertz CT molecular complexity index is 2830. The molecule has 364 valence electrons. The number of fused-ring (bicyclic) bond motifs is 2. The highest BCUT2D eigenvalue weighted by Crippen LogP contribution is 2.54. The van der Waals surface area contributed by atoms with Crippen molar-refractivity contribution in [1.29, 1.82) is 0 Å². The van der Waals surface area contributed by atoms with Crippen molar-refractivity contribution >= 4 is 56.8 Å². The van der Waals surface area contributed by atoms with Gasteiger partial charge in [0.1, 0.15) is 46.0 Å². The van der Waals surface area contributed by atoms with E-state index in [-0.39, 0.29) is 62.1 Å². The van der Waals surface area contributed by atoms with Crippen LogP contribution in [0.5, 0.6) is 17.2 Å². The second-order valence-electron chi connectivity index (χ2n) is 17.8. The number of aromatic amines is 1. The number of nitrogens with one attached hydrogen (secondary N) is 2. The van der Waals surface area contributed by atoms with Gasteiger partial charge in [0, 0.05) is 85.7 Å². The summed E-state index contributed by atoms with van der Waals surface area (Å²) in [5.41, 5.74) is 8.18. The number of imidazole rings is 2. The van der Waals surface area contributed by atoms with Gasteiger partial charge in [-0.1, -0.05) is 45.9 Å². The number of carboxylic acid groups (broad SMARTS) is 1. The van der Waals surface area contributed by atoms with E-state index in [0.717, 1.165) is 11.3 Å². The van der Waals surface area contributed by atoms with Crippen LogP contribution in [0.25, 0.3) is 27.5 Å². The number of ketones is 1. The molecule has 68 heavy (non-hydrogen) atoms. The van der Waals surface area contributed by atoms with Crippen LogP contribution >= 0.6 is 0 Å². The average Bonchev–Trinajstić information content (AvgIpc) is 4.01. The lowest BCUT2D eigenvalue weighted by atomic mass is 9.78. The molecule has 0 aliphatic carbocycles. The van der Waals surface area contributed by atoms with Gasteiger partial charge < -0.3 is 60.5 Å². The number of anilines is 1. The molecule has 19 nitrogen and oxygen atoms in total. The fourth-order valence-electron chi connectivity index (χ4n) is 8.75. The number of hydrogen-bond donors (Lipinski definition) is 8. The Balaban J connectivity index is 0.000000608. The first-order valence-corrected chi connectivity index (χ1v) is 22.1. The van der Waals surface area contributed by atoms with Crippen LogP contribution in [0.1, 0.15) is 75.6 Å². The summed E-state index contributed by atoms with van der Waals surface area (Å²) < 4.78 is 25.5. The Morgan fingerprint density at radius 1 is 1.01 bits per heavy atom. The number of hydrogen-bond acceptors (Lipinski definition) is 15. The van der Waals surface area contributed by atoms with E-state index < -0.39 is 89.3 Å². The number of H-pyrrole nitrogens is 1. The van der Waals surface area contributed by atoms with E-state index in [0.29, 0.717) is 5.65 Å². The zero-order valence-corrected chi connectivity index (χ0v) is 39.6. The monoisotopic (exact) mass is 940 g/mol. The highest BCUT2D eigenvalue weighted by Gasteiger charge is 2.50. The smallest absolute Gasteiger partial charge is 0.320 e. The molecular weight excluding hydrogens is 881 g/mol. The zero-order chi connectivity index (χ0) is 50.1. The third kappa shape index (κ3) is 9.78. The number of carbonyl (C=O) groups is 4. The molecule has 10 atom stereocenters. The van der Waals surface area contributed by atoms with Crippen LogP contribution in [0.3, 0.4) is 0 Å². The molecule has 3 aromatic heterocycles. The fourth-order valence-corrected chi connectivity index (χ4v) is 8.75. The summed E-state index contributed by atoms with van der Waals surface area (Å²) in [6, 6.07) is 2.79. The van der Waals surface area contributed by atoms with Gasteiger partial charge >= 0.3 is 17.7 Å². The lowest BCUT2D eigenvalue weighted by Crippen LogP contribution is -2.46. The first kappa shape index (κ1) is 50.6. The Morgan fingerprint density at radius 2 is 1.72 bits per heavy atom. The maximum atomic E-state index is 14.6. The number of carboxylic acids is 1. The van der Waals surface area contributed by atoms with Crippen LogP contribution in [-0.2, 0) is 35.0 Å². The van der Waals surface area contributed by atoms with Gasteiger partial charge in [-0.3, -0.25) is 23.6 Å². The number of benzene rings is 2. The number of allylic oxidation sites excluding steroid dienone is 2. The number of aliphatic hydroxyl groups is 2. The average molecular weight is 941 g/mol. The van der Waals surface area contributed by atoms with E-state index in [1.54, 1.807) is 69.6 Å². The number of rotatable bonds is 5. The quantitative estimate of drug-likeness (QED) is 0.0795. The fraction of sp³-hybridized carbons (Fsp3) is 0.429. The zero-order valence-electron chi connectivity index (χ0n) is 39.6. The molecule has 4 bridgehead atoms. The summed E-state index contributed by atoms with van der Waals surface area (Å²) in [6.45, 7) is 14.7. The summed E-state index contributed by atoms with van der Waals surface area (Å²) in [5, 5.41) is 57.8. The number of aromatic hydroxyl groups is 2. The number of phenolic OH excluding ortho intramolecular Hbond substituents is 2. The first-order chi connectivity index (χ1) is 32.0. The molecule has 5 aromatic rings. The van der Waals surface area contributed by atoms with Crippen molar-refractivity contribution in [2.45, 2.75) is 105 Å². The van der Waals surface area contributed by atoms with Crippen LogP contribution in [0.4, 0.5) is 5.69 Å². The van der Waals surface area contributed by atoms with Crippen molar-refractivity contribution in [1.82, 2.24) is 19.4 Å². The van der Waals surface area contributed by atoms with Crippen LogP contribution in [-0.4, -0.2) is 112 Å². The van der Waals surface area contributed by atoms with Crippen molar-refractivity contribution in [3.05, 3.63) is 89.4 Å². The van der Waals surface area contributed by atoms with Gasteiger partial charge in [-0.05, 0) is 44.5 Å². The van der Waals surface area contributed by atoms with Crippen molar-refractivity contribution < 1.29 is 63.7 Å². The number of carbonyl (C=O) groups excluding carboxylic acids is 3. The van der Waals surface area contributed by atoms with Crippen molar-refractivity contribution in [3.63, 3.8) is 0 Å². The molecule has 9 N–H and O–H groups in total. The lowest BCUT2D eigenvalue weighted by Gasteiger charge is -2.38. The molecule has 7 rings (SSSR count). The third-order valence-corrected chi connectivity index (χ3v) is 12.8. The van der Waals surface area contributed by atoms with Crippen LogP contribution in [0, 0.1) is 37.5 Å². The second-order valence-corrected chi connectivity index (χ2v) is 17.8. The second kappa shape index (κ2) is 20.2. The normalized spacial score (nSPS) is 27.9. The number of aliphatic hydroxyl groups excluding tert-OH is 2. The highest BCUT2D eigenvalue weighted by atomic mass is 16.7. The van der Waals surface area contributed by atoms with E-state index in [4.69, 9.17) is 34.8 Å². The number of ether oxygens (including phenoxy) is 4. The number of esters is 1. The Labute approximate surface area is 392 Å². The Kier molecular flexibility index (Phi) is 15.0. The number of aryl methyl sites for hydroxylation is 1. The number of aliphatic carboxylic acids is 1. The standard InChI is InChI=1S/C43H51N3O11.C6H9N3O2/c1-19-14-16-46-28(18-19)44-32-29-30-37(50)25(7)40-31(29)41(52)43(9,57-40)55-17-15-27(54-10)22(4)39(56-26(8)47)24(6)36(49)23(5)35(48)20(2)12-11-13-21(3)42(53)45-33(34(32)46)38(30)51;7-5(6(10)11)1-4-2-8-3-9-4/h11-18,20,22-24,27,35-36,39,48-51H,1-10H3,(H,45,53);2-3,5H,1,7H2,(H,8,9)(H,10,11)/b12-11+,17-15+,21-13-;/t20-,22+,23+,24+,27-,35-,36+,39+,43-;5-/m00/s1. The number of phenols is 2. The van der Waals surface area contributed by atoms with E-state index in [1.807, 2.05) is 19.1 Å². The number of aromatic nitrogens is 4. The Morgan fingerprint density at radius 3 is 2.35 bits per heavy atom. The molecule has 0 saturated carbocycles. The molecule has 0 radical (unpaired) electrons. The van der Waals surface area contributed by atoms with E-state index in [2.05, 4.69) is 15.3 Å². The first-order valence-electron chi connectivity index (χ1n) is 22.1. The molecule has 2 aliphatic rings. The van der Waals surface area contributed by atoms with Crippen molar-refractivity contribution in [2.75, 3.05) is 12.4 Å². The van der Waals surface area contributed by atoms with E-state index in [9.17, 15) is 39.6 Å². The van der Waals surface area contributed by atoms with Gasteiger partial charge in [-0.15, -0.1) is 0 Å². The van der Waals surface area contributed by atoms with Gasteiger partial charge in [0.2, 0.25) is 0 Å². The van der Waals surface area contributed by atoms with Gasteiger partial charge in [0.15, 0.2) is 5.75 Å². The summed E-state index contributed by atoms with van der Waals surface area (Å²) in [4.78, 5) is 62.3.